The molecule has 0 saturated carbocycles. The summed E-state index contributed by atoms with van der Waals surface area (Å²) in [6.07, 6.45) is 0. The van der Waals surface area contributed by atoms with Gasteiger partial charge in [0.15, 0.2) is 5.82 Å². The molecular weight excluding hydrogens is 328 g/mol. The van der Waals surface area contributed by atoms with Gasteiger partial charge in [-0.3, -0.25) is 0 Å². The normalized spacial score (nSPS) is 11.8. The Balaban J connectivity index is 1.66. The van der Waals surface area contributed by atoms with E-state index in [1.807, 2.05) is 57.2 Å². The van der Waals surface area contributed by atoms with Crippen LogP contribution in [0.2, 0.25) is 0 Å². The SMILES string of the molecule is CC(C)c1noc(C(C)Nc2ccc(Oc3ccccc3C#N)cc2)n1. The largest absolute Gasteiger partial charge is 0.456 e. The first kappa shape index (κ1) is 17.5. The molecule has 3 aromatic rings. The molecule has 0 aliphatic heterocycles. The number of hydrogen-bond donors (Lipinski definition) is 1. The summed E-state index contributed by atoms with van der Waals surface area (Å²) in [6.45, 7) is 6.01. The minimum absolute atomic E-state index is 0.110. The molecule has 0 aliphatic carbocycles. The number of ether oxygens (including phenoxy) is 1. The lowest BCUT2D eigenvalue weighted by atomic mass is 10.2. The highest BCUT2D eigenvalue weighted by Crippen LogP contribution is 2.27. The van der Waals surface area contributed by atoms with E-state index in [2.05, 4.69) is 21.5 Å². The molecule has 1 aromatic heterocycles. The standard InChI is InChI=1S/C20H20N4O2/c1-13(2)19-23-20(26-24-19)14(3)22-16-8-10-17(11-9-16)25-18-7-5-4-6-15(18)12-21/h4-11,13-14,22H,1-3H3. The van der Waals surface area contributed by atoms with Crippen molar-refractivity contribution in [3.05, 3.63) is 65.8 Å². The topological polar surface area (TPSA) is 84.0 Å². The molecule has 0 radical (unpaired) electrons. The number of nitriles is 1. The van der Waals surface area contributed by atoms with Gasteiger partial charge in [-0.1, -0.05) is 31.1 Å². The number of hydrogen-bond acceptors (Lipinski definition) is 6. The summed E-state index contributed by atoms with van der Waals surface area (Å²) < 4.78 is 11.1. The Labute approximate surface area is 152 Å². The molecule has 0 saturated heterocycles. The van der Waals surface area contributed by atoms with E-state index in [4.69, 9.17) is 14.5 Å². The van der Waals surface area contributed by atoms with Gasteiger partial charge in [-0.25, -0.2) is 0 Å². The van der Waals surface area contributed by atoms with Gasteiger partial charge in [0.25, 0.3) is 0 Å². The molecule has 6 heteroatoms. The van der Waals surface area contributed by atoms with Crippen molar-refractivity contribution in [3.8, 4) is 17.6 Å². The third-order valence-corrected chi connectivity index (χ3v) is 3.82. The minimum Gasteiger partial charge on any atom is -0.456 e. The molecule has 26 heavy (non-hydrogen) atoms. The van der Waals surface area contributed by atoms with Crippen LogP contribution in [0.15, 0.2) is 53.1 Å². The van der Waals surface area contributed by atoms with Crippen LogP contribution in [0.3, 0.4) is 0 Å². The number of para-hydroxylation sites is 1. The number of benzene rings is 2. The Morgan fingerprint density at radius 3 is 2.46 bits per heavy atom. The lowest BCUT2D eigenvalue weighted by molar-refractivity contribution is 0.361. The summed E-state index contributed by atoms with van der Waals surface area (Å²) in [6, 6.07) is 16.6. The molecule has 0 fully saturated rings. The zero-order valence-electron chi connectivity index (χ0n) is 14.9. The molecule has 0 amide bonds. The second-order valence-electron chi connectivity index (χ2n) is 6.25. The van der Waals surface area contributed by atoms with E-state index in [-0.39, 0.29) is 12.0 Å². The first-order chi connectivity index (χ1) is 12.6. The number of aromatic nitrogens is 2. The van der Waals surface area contributed by atoms with Crippen molar-refractivity contribution >= 4 is 5.69 Å². The summed E-state index contributed by atoms with van der Waals surface area (Å²) in [5, 5.41) is 16.4. The van der Waals surface area contributed by atoms with Gasteiger partial charge in [-0.15, -0.1) is 0 Å². The van der Waals surface area contributed by atoms with Gasteiger partial charge in [0, 0.05) is 11.6 Å². The molecule has 0 bridgehead atoms. The summed E-state index contributed by atoms with van der Waals surface area (Å²) in [5.74, 6) is 2.68. The van der Waals surface area contributed by atoms with Crippen molar-refractivity contribution in [3.63, 3.8) is 0 Å². The monoisotopic (exact) mass is 348 g/mol. The molecular formula is C20H20N4O2. The molecule has 1 atom stereocenters. The Kier molecular flexibility index (Phi) is 5.18. The highest BCUT2D eigenvalue weighted by molar-refractivity contribution is 5.50. The maximum atomic E-state index is 9.12. The summed E-state index contributed by atoms with van der Waals surface area (Å²) >= 11 is 0. The zero-order valence-corrected chi connectivity index (χ0v) is 14.9. The third-order valence-electron chi connectivity index (χ3n) is 3.82. The van der Waals surface area contributed by atoms with Gasteiger partial charge in [0.2, 0.25) is 5.89 Å². The van der Waals surface area contributed by atoms with Crippen molar-refractivity contribution in [2.45, 2.75) is 32.7 Å². The lowest BCUT2D eigenvalue weighted by Gasteiger charge is -2.12. The van der Waals surface area contributed by atoms with E-state index < -0.39 is 0 Å². The fourth-order valence-corrected chi connectivity index (χ4v) is 2.36. The third kappa shape index (κ3) is 4.01. The maximum absolute atomic E-state index is 9.12. The van der Waals surface area contributed by atoms with Crippen LogP contribution in [0.25, 0.3) is 0 Å². The van der Waals surface area contributed by atoms with Gasteiger partial charge < -0.3 is 14.6 Å². The zero-order chi connectivity index (χ0) is 18.5. The van der Waals surface area contributed by atoms with Crippen LogP contribution < -0.4 is 10.1 Å². The van der Waals surface area contributed by atoms with Gasteiger partial charge in [-0.05, 0) is 43.3 Å². The first-order valence-corrected chi connectivity index (χ1v) is 8.44. The van der Waals surface area contributed by atoms with Crippen LogP contribution in [0.1, 0.15) is 50.0 Å². The van der Waals surface area contributed by atoms with Gasteiger partial charge >= 0.3 is 0 Å². The number of anilines is 1. The molecule has 1 heterocycles. The number of nitrogens with zero attached hydrogens (tertiary/aromatic N) is 3. The van der Waals surface area contributed by atoms with Gasteiger partial charge in [0.1, 0.15) is 23.6 Å². The van der Waals surface area contributed by atoms with Crippen LogP contribution in [0, 0.1) is 11.3 Å². The Morgan fingerprint density at radius 1 is 1.08 bits per heavy atom. The van der Waals surface area contributed by atoms with Crippen LogP contribution in [-0.2, 0) is 0 Å². The van der Waals surface area contributed by atoms with E-state index in [1.54, 1.807) is 12.1 Å². The fourth-order valence-electron chi connectivity index (χ4n) is 2.36. The second kappa shape index (κ2) is 7.70. The summed E-state index contributed by atoms with van der Waals surface area (Å²) in [4.78, 5) is 4.40. The fraction of sp³-hybridized carbons (Fsp3) is 0.250. The highest BCUT2D eigenvalue weighted by Gasteiger charge is 2.15. The first-order valence-electron chi connectivity index (χ1n) is 8.44. The van der Waals surface area contributed by atoms with Crippen molar-refractivity contribution < 1.29 is 9.26 Å². The molecule has 0 spiro atoms. The highest BCUT2D eigenvalue weighted by atomic mass is 16.5. The molecule has 1 unspecified atom stereocenters. The smallest absolute Gasteiger partial charge is 0.248 e. The van der Waals surface area contributed by atoms with E-state index in [1.165, 1.54) is 0 Å². The predicted octanol–water partition coefficient (Wildman–Crippen LogP) is 5.03. The van der Waals surface area contributed by atoms with E-state index in [0.717, 1.165) is 5.69 Å². The summed E-state index contributed by atoms with van der Waals surface area (Å²) in [7, 11) is 0. The van der Waals surface area contributed by atoms with Crippen LogP contribution in [0.5, 0.6) is 11.5 Å². The van der Waals surface area contributed by atoms with Crippen molar-refractivity contribution in [2.24, 2.45) is 0 Å². The average Bonchev–Trinajstić information content (AvgIpc) is 3.14. The van der Waals surface area contributed by atoms with Crippen molar-refractivity contribution in [2.75, 3.05) is 5.32 Å². The van der Waals surface area contributed by atoms with E-state index in [9.17, 15) is 0 Å². The van der Waals surface area contributed by atoms with Gasteiger partial charge in [-0.2, -0.15) is 10.2 Å². The van der Waals surface area contributed by atoms with Gasteiger partial charge in [0.05, 0.1) is 5.56 Å². The predicted molar refractivity (Wildman–Crippen MR) is 98.1 cm³/mol. The second-order valence-corrected chi connectivity index (χ2v) is 6.25. The molecule has 2 aromatic carbocycles. The molecule has 132 valence electrons. The molecule has 3 rings (SSSR count). The molecule has 1 N–H and O–H groups in total. The Morgan fingerprint density at radius 2 is 1.81 bits per heavy atom. The quantitative estimate of drug-likeness (QED) is 0.672. The minimum atomic E-state index is -0.110. The number of nitrogens with one attached hydrogen (secondary N) is 1. The van der Waals surface area contributed by atoms with Crippen LogP contribution >= 0.6 is 0 Å². The number of rotatable bonds is 6. The Hall–Kier alpha value is -3.33. The molecule has 6 nitrogen and oxygen atoms in total. The van der Waals surface area contributed by atoms with Crippen LogP contribution in [0.4, 0.5) is 5.69 Å². The Bertz CT molecular complexity index is 910. The molecule has 0 aliphatic rings. The van der Waals surface area contributed by atoms with E-state index in [0.29, 0.717) is 28.8 Å². The lowest BCUT2D eigenvalue weighted by Crippen LogP contribution is -2.07. The maximum Gasteiger partial charge on any atom is 0.248 e. The van der Waals surface area contributed by atoms with Crippen molar-refractivity contribution in [1.82, 2.24) is 10.1 Å². The average molecular weight is 348 g/mol. The van der Waals surface area contributed by atoms with Crippen molar-refractivity contribution in [1.29, 1.82) is 5.26 Å². The summed E-state index contributed by atoms with van der Waals surface area (Å²) in [5.41, 5.74) is 1.41. The van der Waals surface area contributed by atoms with Crippen LogP contribution in [-0.4, -0.2) is 10.1 Å². The van der Waals surface area contributed by atoms with E-state index >= 15 is 0 Å².